The van der Waals surface area contributed by atoms with Crippen molar-refractivity contribution in [1.82, 2.24) is 0 Å². The van der Waals surface area contributed by atoms with E-state index in [1.807, 2.05) is 37.3 Å². The number of hydrogen-bond donors (Lipinski definition) is 0. The van der Waals surface area contributed by atoms with Gasteiger partial charge in [-0.2, -0.15) is 5.26 Å². The second-order valence-corrected chi connectivity index (χ2v) is 4.23. The first-order valence-electron chi connectivity index (χ1n) is 6.02. The highest BCUT2D eigenvalue weighted by atomic mass is 16.3. The number of benzene rings is 1. The first-order valence-corrected chi connectivity index (χ1v) is 6.02. The Morgan fingerprint density at radius 2 is 2.17 bits per heavy atom. The maximum atomic E-state index is 9.21. The molecule has 0 atom stereocenters. The average Bonchev–Trinajstić information content (AvgIpc) is 2.89. The minimum Gasteiger partial charge on any atom is -0.467 e. The lowest BCUT2D eigenvalue weighted by Gasteiger charge is -2.23. The summed E-state index contributed by atoms with van der Waals surface area (Å²) in [4.78, 5) is 2.14. The maximum absolute atomic E-state index is 9.21. The van der Waals surface area contributed by atoms with Crippen molar-refractivity contribution in [1.29, 1.82) is 5.26 Å². The minimum atomic E-state index is 0.682. The molecule has 0 radical (unpaired) electrons. The second-order valence-electron chi connectivity index (χ2n) is 4.23. The summed E-state index contributed by atoms with van der Waals surface area (Å²) in [5.74, 6) is 0.904. The van der Waals surface area contributed by atoms with Gasteiger partial charge in [0.2, 0.25) is 0 Å². The molecule has 0 saturated carbocycles. The van der Waals surface area contributed by atoms with Crippen LogP contribution in [0.2, 0.25) is 0 Å². The highest BCUT2D eigenvalue weighted by Gasteiger charge is 2.11. The van der Waals surface area contributed by atoms with Crippen molar-refractivity contribution in [2.75, 3.05) is 11.4 Å². The highest BCUT2D eigenvalue weighted by molar-refractivity contribution is 5.60. The Kier molecular flexibility index (Phi) is 3.69. The summed E-state index contributed by atoms with van der Waals surface area (Å²) in [5, 5.41) is 9.21. The van der Waals surface area contributed by atoms with Crippen LogP contribution in [0, 0.1) is 18.3 Å². The van der Waals surface area contributed by atoms with Crippen molar-refractivity contribution in [3.63, 3.8) is 0 Å². The Morgan fingerprint density at radius 3 is 2.78 bits per heavy atom. The fraction of sp³-hybridized carbons (Fsp3) is 0.267. The minimum absolute atomic E-state index is 0.682. The topological polar surface area (TPSA) is 40.2 Å². The molecule has 3 heteroatoms. The Hall–Kier alpha value is -2.21. The molecule has 1 heterocycles. The Bertz CT molecular complexity index is 552. The molecule has 1 aromatic heterocycles. The third-order valence-corrected chi connectivity index (χ3v) is 2.92. The van der Waals surface area contributed by atoms with E-state index in [0.717, 1.165) is 23.6 Å². The summed E-state index contributed by atoms with van der Waals surface area (Å²) in [7, 11) is 0. The van der Waals surface area contributed by atoms with Crippen LogP contribution in [0.15, 0.2) is 41.0 Å². The summed E-state index contributed by atoms with van der Waals surface area (Å²) >= 11 is 0. The smallest absolute Gasteiger partial charge is 0.123 e. The number of aryl methyl sites for hydroxylation is 1. The molecule has 0 amide bonds. The van der Waals surface area contributed by atoms with Gasteiger partial charge in [-0.05, 0) is 43.7 Å². The zero-order valence-electron chi connectivity index (χ0n) is 10.7. The number of hydrogen-bond acceptors (Lipinski definition) is 3. The van der Waals surface area contributed by atoms with E-state index >= 15 is 0 Å². The number of nitriles is 1. The van der Waals surface area contributed by atoms with Gasteiger partial charge < -0.3 is 9.32 Å². The molecule has 92 valence electrons. The third-order valence-electron chi connectivity index (χ3n) is 2.92. The lowest BCUT2D eigenvalue weighted by Crippen LogP contribution is -2.22. The highest BCUT2D eigenvalue weighted by Crippen LogP contribution is 2.23. The van der Waals surface area contributed by atoms with E-state index in [4.69, 9.17) is 4.42 Å². The van der Waals surface area contributed by atoms with Gasteiger partial charge in [0.15, 0.2) is 0 Å². The molecule has 3 nitrogen and oxygen atoms in total. The molecule has 2 rings (SSSR count). The lowest BCUT2D eigenvalue weighted by molar-refractivity contribution is 0.503. The molecule has 0 aliphatic carbocycles. The average molecular weight is 240 g/mol. The van der Waals surface area contributed by atoms with Crippen LogP contribution in [-0.2, 0) is 6.54 Å². The standard InChI is InChI=1S/C15H16N2O/c1-3-17(11-14-5-4-8-18-14)15-7-6-12(2)9-13(15)10-16/h4-9H,3,11H2,1-2H3. The summed E-state index contributed by atoms with van der Waals surface area (Å²) in [6.45, 7) is 5.58. The van der Waals surface area contributed by atoms with Gasteiger partial charge in [-0.1, -0.05) is 6.07 Å². The van der Waals surface area contributed by atoms with Gasteiger partial charge in [-0.3, -0.25) is 0 Å². The molecule has 2 aromatic rings. The van der Waals surface area contributed by atoms with E-state index in [9.17, 15) is 5.26 Å². The monoisotopic (exact) mass is 240 g/mol. The number of nitrogens with zero attached hydrogens (tertiary/aromatic N) is 2. The zero-order valence-corrected chi connectivity index (χ0v) is 10.7. The molecule has 0 fully saturated rings. The largest absolute Gasteiger partial charge is 0.467 e. The molecule has 0 unspecified atom stereocenters. The molecular weight excluding hydrogens is 224 g/mol. The quantitative estimate of drug-likeness (QED) is 0.821. The van der Waals surface area contributed by atoms with E-state index in [1.165, 1.54) is 0 Å². The van der Waals surface area contributed by atoms with Crippen molar-refractivity contribution in [2.24, 2.45) is 0 Å². The van der Waals surface area contributed by atoms with Crippen LogP contribution >= 0.6 is 0 Å². The van der Waals surface area contributed by atoms with Crippen LogP contribution in [0.1, 0.15) is 23.8 Å². The van der Waals surface area contributed by atoms with E-state index in [2.05, 4.69) is 17.9 Å². The van der Waals surface area contributed by atoms with Gasteiger partial charge >= 0.3 is 0 Å². The molecule has 0 aliphatic heterocycles. The number of rotatable bonds is 4. The first kappa shape index (κ1) is 12.3. The predicted molar refractivity (Wildman–Crippen MR) is 71.3 cm³/mol. The molecule has 0 aliphatic rings. The molecule has 0 spiro atoms. The molecule has 18 heavy (non-hydrogen) atoms. The molecular formula is C15H16N2O. The van der Waals surface area contributed by atoms with E-state index in [0.29, 0.717) is 12.1 Å². The SMILES string of the molecule is CCN(Cc1ccco1)c1ccc(C)cc1C#N. The van der Waals surface area contributed by atoms with Gasteiger partial charge in [0, 0.05) is 6.54 Å². The normalized spacial score (nSPS) is 10.1. The fourth-order valence-electron chi connectivity index (χ4n) is 1.97. The summed E-state index contributed by atoms with van der Waals surface area (Å²) in [6.07, 6.45) is 1.67. The second kappa shape index (κ2) is 5.42. The van der Waals surface area contributed by atoms with Crippen LogP contribution in [0.3, 0.4) is 0 Å². The van der Waals surface area contributed by atoms with Gasteiger partial charge in [-0.15, -0.1) is 0 Å². The lowest BCUT2D eigenvalue weighted by atomic mass is 10.1. The number of furan rings is 1. The van der Waals surface area contributed by atoms with Gasteiger partial charge in [-0.25, -0.2) is 0 Å². The third kappa shape index (κ3) is 2.54. The first-order chi connectivity index (χ1) is 8.74. The van der Waals surface area contributed by atoms with Crippen LogP contribution in [0.5, 0.6) is 0 Å². The zero-order chi connectivity index (χ0) is 13.0. The van der Waals surface area contributed by atoms with Crippen molar-refractivity contribution in [2.45, 2.75) is 20.4 Å². The van der Waals surface area contributed by atoms with Crippen LogP contribution in [0.4, 0.5) is 5.69 Å². The van der Waals surface area contributed by atoms with Gasteiger partial charge in [0.05, 0.1) is 24.1 Å². The summed E-state index contributed by atoms with van der Waals surface area (Å²) in [5.41, 5.74) is 2.77. The van der Waals surface area contributed by atoms with Crippen molar-refractivity contribution in [3.8, 4) is 6.07 Å². The molecule has 0 bridgehead atoms. The molecule has 0 saturated heterocycles. The number of anilines is 1. The van der Waals surface area contributed by atoms with E-state index in [-0.39, 0.29) is 0 Å². The van der Waals surface area contributed by atoms with Crippen molar-refractivity contribution in [3.05, 3.63) is 53.5 Å². The Morgan fingerprint density at radius 1 is 1.33 bits per heavy atom. The van der Waals surface area contributed by atoms with Crippen LogP contribution in [-0.4, -0.2) is 6.54 Å². The van der Waals surface area contributed by atoms with Crippen LogP contribution < -0.4 is 4.90 Å². The fourth-order valence-corrected chi connectivity index (χ4v) is 1.97. The van der Waals surface area contributed by atoms with Crippen molar-refractivity contribution >= 4 is 5.69 Å². The summed E-state index contributed by atoms with van der Waals surface area (Å²) in [6, 6.07) is 12.0. The van der Waals surface area contributed by atoms with Crippen LogP contribution in [0.25, 0.3) is 0 Å². The van der Waals surface area contributed by atoms with E-state index in [1.54, 1.807) is 6.26 Å². The summed E-state index contributed by atoms with van der Waals surface area (Å²) < 4.78 is 5.36. The Balaban J connectivity index is 2.30. The predicted octanol–water partition coefficient (Wildman–Crippen LogP) is 3.49. The Labute approximate surface area is 107 Å². The van der Waals surface area contributed by atoms with Crippen molar-refractivity contribution < 1.29 is 4.42 Å². The van der Waals surface area contributed by atoms with E-state index < -0.39 is 0 Å². The molecule has 1 aromatic carbocycles. The van der Waals surface area contributed by atoms with Gasteiger partial charge in [0.25, 0.3) is 0 Å². The molecule has 0 N–H and O–H groups in total. The van der Waals surface area contributed by atoms with Gasteiger partial charge in [0.1, 0.15) is 11.8 Å². The maximum Gasteiger partial charge on any atom is 0.123 e.